The highest BCUT2D eigenvalue weighted by atomic mass is 16.5. The normalized spacial score (nSPS) is 23.1. The maximum absolute atomic E-state index is 11.7. The van der Waals surface area contributed by atoms with Crippen molar-refractivity contribution in [3.05, 3.63) is 12.7 Å². The van der Waals surface area contributed by atoms with Crippen molar-refractivity contribution in [3.8, 4) is 0 Å². The second-order valence-corrected chi connectivity index (χ2v) is 5.77. The van der Waals surface area contributed by atoms with Gasteiger partial charge in [0.1, 0.15) is 18.7 Å². The van der Waals surface area contributed by atoms with E-state index in [0.29, 0.717) is 24.2 Å². The maximum atomic E-state index is 11.7. The lowest BCUT2D eigenvalue weighted by atomic mass is 9.94. The van der Waals surface area contributed by atoms with E-state index in [4.69, 9.17) is 15.2 Å². The summed E-state index contributed by atoms with van der Waals surface area (Å²) in [7, 11) is 1.20. The second kappa shape index (κ2) is 7.34. The minimum absolute atomic E-state index is 0.231. The highest BCUT2D eigenvalue weighted by Gasteiger charge is 2.36. The number of aliphatic hydroxyl groups excluding tert-OH is 2. The number of ether oxygens (including phenoxy) is 2. The predicted molar refractivity (Wildman–Crippen MR) is 86.5 cm³/mol. The van der Waals surface area contributed by atoms with Crippen LogP contribution in [0.25, 0.3) is 11.2 Å². The first-order valence-electron chi connectivity index (χ1n) is 8.03. The molecule has 0 amide bonds. The van der Waals surface area contributed by atoms with Crippen LogP contribution in [0.3, 0.4) is 0 Å². The topological polar surface area (TPSA) is 137 Å². The number of carbonyl (C=O) groups excluding carboxylic acids is 1. The average Bonchev–Trinajstić information content (AvgIpc) is 3.19. The third-order valence-corrected chi connectivity index (χ3v) is 3.98. The monoisotopic (exact) mass is 349 g/mol. The van der Waals surface area contributed by atoms with Gasteiger partial charge >= 0.3 is 7.41 Å². The molecule has 1 fully saturated rings. The fourth-order valence-electron chi connectivity index (χ4n) is 2.68. The van der Waals surface area contributed by atoms with Crippen LogP contribution in [0, 0.1) is 0 Å². The molecule has 0 spiro atoms. The van der Waals surface area contributed by atoms with Gasteiger partial charge in [-0.2, -0.15) is 0 Å². The van der Waals surface area contributed by atoms with Gasteiger partial charge in [-0.25, -0.2) is 4.98 Å². The van der Waals surface area contributed by atoms with E-state index < -0.39 is 24.3 Å². The lowest BCUT2D eigenvalue weighted by molar-refractivity contribution is -0.513. The Kier molecular flexibility index (Phi) is 5.16. The Bertz CT molecular complexity index is 769. The molecule has 11 heteroatoms. The molecule has 1 radical (unpaired) electrons. The maximum Gasteiger partial charge on any atom is 0.492 e. The molecule has 0 aromatic carbocycles. The van der Waals surface area contributed by atoms with Crippen LogP contribution in [0.2, 0.25) is 0 Å². The number of hydrogen-bond donors (Lipinski definition) is 3. The van der Waals surface area contributed by atoms with Crippen LogP contribution in [0.1, 0.15) is 26.0 Å². The fraction of sp³-hybridized carbons (Fsp3) is 0.571. The average molecular weight is 349 g/mol. The van der Waals surface area contributed by atoms with E-state index in [1.54, 1.807) is 4.57 Å². The molecule has 4 N–H and O–H groups in total. The summed E-state index contributed by atoms with van der Waals surface area (Å²) in [5.41, 5.74) is 6.92. The minimum atomic E-state index is -0.764. The number of aromatic nitrogens is 4. The first kappa shape index (κ1) is 17.6. The molecule has 3 atom stereocenters. The SMILES string of the molecule is CCCOC(=O)[B][n+]1cnc2c(ncn2[C@H]2C[C@H](O)[C@@H](CO)O2)c1N. The molecule has 1 saturated heterocycles. The fourth-order valence-corrected chi connectivity index (χ4v) is 2.68. The largest absolute Gasteiger partial charge is 0.492 e. The number of imidazole rings is 1. The molecule has 2 aromatic rings. The van der Waals surface area contributed by atoms with Gasteiger partial charge in [0.05, 0.1) is 19.3 Å². The molecule has 10 nitrogen and oxygen atoms in total. The number of rotatable bonds is 6. The number of anilines is 1. The third-order valence-electron chi connectivity index (χ3n) is 3.98. The zero-order valence-electron chi connectivity index (χ0n) is 13.8. The van der Waals surface area contributed by atoms with Crippen molar-refractivity contribution in [1.82, 2.24) is 14.5 Å². The molecule has 3 heterocycles. The van der Waals surface area contributed by atoms with Gasteiger partial charge in [-0.15, -0.1) is 0 Å². The van der Waals surface area contributed by atoms with E-state index in [1.807, 2.05) is 6.92 Å². The molecule has 0 aliphatic carbocycles. The number of hydrogen-bond acceptors (Lipinski definition) is 8. The van der Waals surface area contributed by atoms with E-state index >= 15 is 0 Å². The van der Waals surface area contributed by atoms with Crippen LogP contribution in [0.15, 0.2) is 12.7 Å². The molecule has 133 valence electrons. The summed E-state index contributed by atoms with van der Waals surface area (Å²) in [6.07, 6.45) is 2.02. The molecular formula is C14H20BN5O5+. The predicted octanol–water partition coefficient (Wildman–Crippen LogP) is -1.04. The third kappa shape index (κ3) is 3.43. The summed E-state index contributed by atoms with van der Waals surface area (Å²) >= 11 is 0. The van der Waals surface area contributed by atoms with Crippen LogP contribution < -0.4 is 10.2 Å². The van der Waals surface area contributed by atoms with E-state index in [9.17, 15) is 15.0 Å². The zero-order valence-corrected chi connectivity index (χ0v) is 13.8. The smallest absolute Gasteiger partial charge is 0.471 e. The van der Waals surface area contributed by atoms with Crippen molar-refractivity contribution in [2.45, 2.75) is 38.2 Å². The lowest BCUT2D eigenvalue weighted by Gasteiger charge is -2.12. The Morgan fingerprint density at radius 1 is 1.60 bits per heavy atom. The molecule has 0 unspecified atom stereocenters. The van der Waals surface area contributed by atoms with Crippen molar-refractivity contribution in [2.75, 3.05) is 18.9 Å². The van der Waals surface area contributed by atoms with Crippen molar-refractivity contribution in [2.24, 2.45) is 0 Å². The van der Waals surface area contributed by atoms with Gasteiger partial charge in [0.2, 0.25) is 17.8 Å². The molecule has 25 heavy (non-hydrogen) atoms. The van der Waals surface area contributed by atoms with Crippen molar-refractivity contribution in [1.29, 1.82) is 0 Å². The van der Waals surface area contributed by atoms with Gasteiger partial charge < -0.3 is 25.4 Å². The Morgan fingerprint density at radius 2 is 2.40 bits per heavy atom. The van der Waals surface area contributed by atoms with Crippen LogP contribution in [-0.2, 0) is 9.47 Å². The number of nitrogens with zero attached hydrogens (tertiary/aromatic N) is 4. The Morgan fingerprint density at radius 3 is 3.08 bits per heavy atom. The zero-order chi connectivity index (χ0) is 18.0. The van der Waals surface area contributed by atoms with Crippen molar-refractivity contribution < 1.29 is 29.0 Å². The quantitative estimate of drug-likeness (QED) is 0.562. The van der Waals surface area contributed by atoms with E-state index in [2.05, 4.69) is 9.97 Å². The number of aliphatic hydroxyl groups is 2. The van der Waals surface area contributed by atoms with Crippen LogP contribution >= 0.6 is 0 Å². The number of carbonyl (C=O) groups is 1. The van der Waals surface area contributed by atoms with Crippen molar-refractivity contribution >= 4 is 30.3 Å². The standard InChI is InChI=1S/C14H20BN5O5/c1-2-3-24-14(23)15-20-7-18-13-11(12(20)16)17-6-19(13)10-4-8(22)9(5-21)25-10/h6-10,21-22H,2-5H2,1H3,(H2,16,18)/q+1/t8-,9+,10+/m0/s1. The number of nitrogens with two attached hydrogens (primary N) is 1. The summed E-state index contributed by atoms with van der Waals surface area (Å²) in [4.78, 5) is 20.2. The van der Waals surface area contributed by atoms with E-state index in [1.165, 1.54) is 24.5 Å². The summed E-state index contributed by atoms with van der Waals surface area (Å²) in [5, 5.41) is 19.1. The molecule has 2 aromatic heterocycles. The molecule has 1 aliphatic heterocycles. The van der Waals surface area contributed by atoms with E-state index in [0.717, 1.165) is 6.42 Å². The van der Waals surface area contributed by atoms with Crippen molar-refractivity contribution in [3.63, 3.8) is 0 Å². The molecule has 3 rings (SSSR count). The Labute approximate surface area is 144 Å². The minimum Gasteiger partial charge on any atom is -0.471 e. The molecule has 0 saturated carbocycles. The van der Waals surface area contributed by atoms with Gasteiger partial charge in [-0.1, -0.05) is 11.9 Å². The first-order chi connectivity index (χ1) is 12.0. The lowest BCUT2D eigenvalue weighted by Crippen LogP contribution is -2.47. The van der Waals surface area contributed by atoms with Gasteiger partial charge in [0.25, 0.3) is 5.87 Å². The van der Waals surface area contributed by atoms with E-state index in [-0.39, 0.29) is 12.4 Å². The van der Waals surface area contributed by atoms with Crippen LogP contribution in [-0.4, -0.2) is 63.5 Å². The first-order valence-corrected chi connectivity index (χ1v) is 8.03. The summed E-state index contributed by atoms with van der Waals surface area (Å²) in [5.74, 6) is -0.290. The Balaban J connectivity index is 1.83. The Hall–Kier alpha value is -2.24. The molecule has 1 aliphatic rings. The highest BCUT2D eigenvalue weighted by Crippen LogP contribution is 2.30. The van der Waals surface area contributed by atoms with Gasteiger partial charge in [-0.3, -0.25) is 13.8 Å². The van der Waals surface area contributed by atoms with Gasteiger partial charge in [0, 0.05) is 6.42 Å². The van der Waals surface area contributed by atoms with Crippen LogP contribution in [0.5, 0.6) is 0 Å². The molecule has 0 bridgehead atoms. The van der Waals surface area contributed by atoms with Crippen LogP contribution in [0.4, 0.5) is 10.6 Å². The summed E-state index contributed by atoms with van der Waals surface area (Å²) in [6.45, 7) is 1.96. The van der Waals surface area contributed by atoms with Gasteiger partial charge in [-0.05, 0) is 6.42 Å². The number of nitrogen functional groups attached to an aromatic ring is 1. The van der Waals surface area contributed by atoms with Gasteiger partial charge in [0.15, 0.2) is 5.52 Å². The second-order valence-electron chi connectivity index (χ2n) is 5.77. The summed E-state index contributed by atoms with van der Waals surface area (Å²) in [6, 6.07) is 0. The summed E-state index contributed by atoms with van der Waals surface area (Å²) < 4.78 is 13.6. The molecular weight excluding hydrogens is 329 g/mol. The number of fused-ring (bicyclic) bond motifs is 1. The highest BCUT2D eigenvalue weighted by molar-refractivity contribution is 6.65.